The van der Waals surface area contributed by atoms with Gasteiger partial charge in [0.25, 0.3) is 0 Å². The summed E-state index contributed by atoms with van der Waals surface area (Å²) in [5, 5.41) is 0. The van der Waals surface area contributed by atoms with Crippen molar-refractivity contribution in [2.75, 3.05) is 6.54 Å². The lowest BCUT2D eigenvalue weighted by Crippen LogP contribution is -2.42. The Morgan fingerprint density at radius 3 is 2.45 bits per heavy atom. The maximum Gasteiger partial charge on any atom is 0.410 e. The van der Waals surface area contributed by atoms with Gasteiger partial charge in [-0.05, 0) is 51.0 Å². The summed E-state index contributed by atoms with van der Waals surface area (Å²) < 4.78 is 5.50. The molecule has 3 heteroatoms. The highest BCUT2D eigenvalue weighted by atomic mass is 16.6. The second kappa shape index (κ2) is 4.80. The van der Waals surface area contributed by atoms with Gasteiger partial charge in [-0.2, -0.15) is 0 Å². The Labute approximate surface area is 120 Å². The molecule has 0 spiro atoms. The van der Waals surface area contributed by atoms with Gasteiger partial charge < -0.3 is 9.64 Å². The van der Waals surface area contributed by atoms with Crippen LogP contribution >= 0.6 is 0 Å². The Balaban J connectivity index is 1.66. The molecule has 108 valence electrons. The molecule has 3 atom stereocenters. The van der Waals surface area contributed by atoms with Crippen LogP contribution in [0.25, 0.3) is 0 Å². The van der Waals surface area contributed by atoms with Crippen LogP contribution in [0.4, 0.5) is 4.79 Å². The van der Waals surface area contributed by atoms with Crippen LogP contribution in [0.2, 0.25) is 0 Å². The molecule has 1 saturated carbocycles. The van der Waals surface area contributed by atoms with Crippen molar-refractivity contribution in [3.05, 3.63) is 35.9 Å². The van der Waals surface area contributed by atoms with Crippen LogP contribution < -0.4 is 0 Å². The van der Waals surface area contributed by atoms with Crippen molar-refractivity contribution < 1.29 is 9.53 Å². The smallest absolute Gasteiger partial charge is 0.410 e. The van der Waals surface area contributed by atoms with Crippen LogP contribution in [0.15, 0.2) is 30.3 Å². The number of piperidine rings is 1. The molecule has 2 fully saturated rings. The number of fused-ring (bicyclic) bond motifs is 2. The number of hydrogen-bond donors (Lipinski definition) is 0. The van der Waals surface area contributed by atoms with Crippen molar-refractivity contribution in [3.8, 4) is 0 Å². The molecule has 2 bridgehead atoms. The van der Waals surface area contributed by atoms with Crippen molar-refractivity contribution in [1.29, 1.82) is 0 Å². The molecule has 1 aliphatic heterocycles. The zero-order chi connectivity index (χ0) is 14.3. The molecule has 1 aliphatic carbocycles. The summed E-state index contributed by atoms with van der Waals surface area (Å²) in [6.45, 7) is 6.61. The molecular formula is C17H23NO2. The first kappa shape index (κ1) is 13.5. The molecule has 20 heavy (non-hydrogen) atoms. The Hall–Kier alpha value is -1.51. The predicted molar refractivity (Wildman–Crippen MR) is 78.6 cm³/mol. The highest BCUT2D eigenvalue weighted by Crippen LogP contribution is 2.47. The largest absolute Gasteiger partial charge is 0.444 e. The fourth-order valence-electron chi connectivity index (χ4n) is 3.61. The molecule has 1 heterocycles. The van der Waals surface area contributed by atoms with E-state index in [1.165, 1.54) is 5.56 Å². The average Bonchev–Trinajstić information content (AvgIpc) is 2.97. The lowest BCUT2D eigenvalue weighted by atomic mass is 9.88. The van der Waals surface area contributed by atoms with E-state index in [9.17, 15) is 4.79 Å². The second-order valence-corrected chi connectivity index (χ2v) is 7.04. The summed E-state index contributed by atoms with van der Waals surface area (Å²) in [7, 11) is 0. The van der Waals surface area contributed by atoms with Crippen molar-refractivity contribution >= 4 is 6.09 Å². The van der Waals surface area contributed by atoms with Gasteiger partial charge in [-0.1, -0.05) is 30.3 Å². The number of carbonyl (C=O) groups excluding carboxylic acids is 1. The van der Waals surface area contributed by atoms with Crippen molar-refractivity contribution in [2.45, 2.75) is 51.2 Å². The molecule has 1 aromatic carbocycles. The first-order valence-corrected chi connectivity index (χ1v) is 7.48. The number of amides is 1. The van der Waals surface area contributed by atoms with Crippen molar-refractivity contribution in [3.63, 3.8) is 0 Å². The monoisotopic (exact) mass is 273 g/mol. The Kier molecular flexibility index (Phi) is 3.23. The number of hydrogen-bond acceptors (Lipinski definition) is 2. The van der Waals surface area contributed by atoms with Gasteiger partial charge in [0.1, 0.15) is 5.60 Å². The number of nitrogens with zero attached hydrogens (tertiary/aromatic N) is 1. The van der Waals surface area contributed by atoms with Crippen molar-refractivity contribution in [1.82, 2.24) is 4.90 Å². The predicted octanol–water partition coefficient (Wildman–Crippen LogP) is 3.80. The van der Waals surface area contributed by atoms with Crippen LogP contribution in [0.5, 0.6) is 0 Å². The van der Waals surface area contributed by atoms with E-state index in [4.69, 9.17) is 4.74 Å². The zero-order valence-corrected chi connectivity index (χ0v) is 12.5. The third kappa shape index (κ3) is 2.54. The van der Waals surface area contributed by atoms with E-state index in [1.807, 2.05) is 25.7 Å². The topological polar surface area (TPSA) is 29.5 Å². The van der Waals surface area contributed by atoms with E-state index in [2.05, 4.69) is 30.3 Å². The van der Waals surface area contributed by atoms with Gasteiger partial charge in [-0.15, -0.1) is 0 Å². The lowest BCUT2D eigenvalue weighted by molar-refractivity contribution is 0.0181. The summed E-state index contributed by atoms with van der Waals surface area (Å²) >= 11 is 0. The molecule has 3 nitrogen and oxygen atoms in total. The highest BCUT2D eigenvalue weighted by molar-refractivity contribution is 5.69. The van der Waals surface area contributed by atoms with Gasteiger partial charge >= 0.3 is 6.09 Å². The fourth-order valence-corrected chi connectivity index (χ4v) is 3.61. The summed E-state index contributed by atoms with van der Waals surface area (Å²) in [6, 6.07) is 11.1. The van der Waals surface area contributed by atoms with Crippen LogP contribution in [-0.2, 0) is 4.74 Å². The molecule has 1 saturated heterocycles. The quantitative estimate of drug-likeness (QED) is 0.779. The van der Waals surface area contributed by atoms with E-state index in [1.54, 1.807) is 0 Å². The minimum atomic E-state index is -0.405. The molecule has 1 amide bonds. The van der Waals surface area contributed by atoms with Crippen LogP contribution in [0, 0.1) is 5.92 Å². The number of benzene rings is 1. The fraction of sp³-hybridized carbons (Fsp3) is 0.588. The summed E-state index contributed by atoms with van der Waals surface area (Å²) in [5.74, 6) is 1.20. The third-order valence-corrected chi connectivity index (χ3v) is 4.40. The average molecular weight is 273 g/mol. The van der Waals surface area contributed by atoms with Crippen LogP contribution in [0.3, 0.4) is 0 Å². The molecule has 0 aromatic heterocycles. The summed E-state index contributed by atoms with van der Waals surface area (Å²) in [5.41, 5.74) is 1.02. The van der Waals surface area contributed by atoms with E-state index in [-0.39, 0.29) is 6.09 Å². The second-order valence-electron chi connectivity index (χ2n) is 7.04. The molecule has 0 N–H and O–H groups in total. The Bertz CT molecular complexity index is 491. The minimum absolute atomic E-state index is 0.142. The molecular weight excluding hydrogens is 250 g/mol. The summed E-state index contributed by atoms with van der Waals surface area (Å²) in [4.78, 5) is 14.1. The van der Waals surface area contributed by atoms with Crippen LogP contribution in [0.1, 0.15) is 45.1 Å². The molecule has 2 aliphatic rings. The van der Waals surface area contributed by atoms with Crippen molar-refractivity contribution in [2.24, 2.45) is 5.92 Å². The van der Waals surface area contributed by atoms with E-state index in [0.717, 1.165) is 19.4 Å². The maximum atomic E-state index is 12.2. The molecule has 3 rings (SSSR count). The van der Waals surface area contributed by atoms with E-state index >= 15 is 0 Å². The number of rotatable bonds is 1. The Morgan fingerprint density at radius 1 is 1.20 bits per heavy atom. The van der Waals surface area contributed by atoms with Gasteiger partial charge in [0.05, 0.1) is 0 Å². The SMILES string of the molecule is CC(C)(C)OC(=O)N1C[C@@H]2C[C@H]1C[C@H]2c1ccccc1. The first-order chi connectivity index (χ1) is 9.44. The van der Waals surface area contributed by atoms with E-state index < -0.39 is 5.60 Å². The highest BCUT2D eigenvalue weighted by Gasteiger charge is 2.47. The molecule has 1 aromatic rings. The Morgan fingerprint density at radius 2 is 1.90 bits per heavy atom. The van der Waals surface area contributed by atoms with Gasteiger partial charge in [-0.25, -0.2) is 4.79 Å². The molecule has 0 radical (unpaired) electrons. The third-order valence-electron chi connectivity index (χ3n) is 4.40. The minimum Gasteiger partial charge on any atom is -0.444 e. The van der Waals surface area contributed by atoms with Gasteiger partial charge in [0.2, 0.25) is 0 Å². The number of carbonyl (C=O) groups is 1. The normalized spacial score (nSPS) is 28.8. The standard InChI is InChI=1S/C17H23NO2/c1-17(2,3)20-16(19)18-11-13-9-14(18)10-15(13)12-7-5-4-6-8-12/h4-8,13-15H,9-11H2,1-3H3/t13-,14-,15-/m0/s1. The number of ether oxygens (including phenoxy) is 1. The molecule has 0 unspecified atom stereocenters. The van der Waals surface area contributed by atoms with Gasteiger partial charge in [-0.3, -0.25) is 0 Å². The van der Waals surface area contributed by atoms with Gasteiger partial charge in [0.15, 0.2) is 0 Å². The van der Waals surface area contributed by atoms with Gasteiger partial charge in [0, 0.05) is 12.6 Å². The van der Waals surface area contributed by atoms with E-state index in [0.29, 0.717) is 17.9 Å². The maximum absolute atomic E-state index is 12.2. The lowest BCUT2D eigenvalue weighted by Gasteiger charge is -2.33. The van der Waals surface area contributed by atoms with Crippen LogP contribution in [-0.4, -0.2) is 29.2 Å². The number of likely N-dealkylation sites (tertiary alicyclic amines) is 1. The summed E-state index contributed by atoms with van der Waals surface area (Å²) in [6.07, 6.45) is 2.06. The zero-order valence-electron chi connectivity index (χ0n) is 12.5. The first-order valence-electron chi connectivity index (χ1n) is 7.48.